The van der Waals surface area contributed by atoms with Gasteiger partial charge in [-0.05, 0) is 54.3 Å². The number of hydrogen-bond donors (Lipinski definition) is 0. The van der Waals surface area contributed by atoms with Gasteiger partial charge >= 0.3 is 0 Å². The molecule has 0 bridgehead atoms. The van der Waals surface area contributed by atoms with E-state index in [2.05, 4.69) is 41.5 Å². The molecule has 0 amide bonds. The first-order valence-electron chi connectivity index (χ1n) is 8.34. The largest absolute Gasteiger partial charge is 0.169 e. The van der Waals surface area contributed by atoms with Crippen LogP contribution in [-0.2, 0) is 0 Å². The highest BCUT2D eigenvalue weighted by atomic mass is 35.6. The van der Waals surface area contributed by atoms with Crippen LogP contribution in [-0.4, -0.2) is 61.7 Å². The minimum absolute atomic E-state index is 0.225. The van der Waals surface area contributed by atoms with Crippen LogP contribution >= 0.6 is 34.8 Å². The molecule has 0 heterocycles. The fourth-order valence-electron chi connectivity index (χ4n) is 2.69. The van der Waals surface area contributed by atoms with Crippen molar-refractivity contribution in [3.8, 4) is 0 Å². The first-order chi connectivity index (χ1) is 9.48. The van der Waals surface area contributed by atoms with Gasteiger partial charge in [-0.25, -0.2) is 0 Å². The van der Waals surface area contributed by atoms with Crippen molar-refractivity contribution in [2.75, 3.05) is 54.3 Å². The molecule has 0 radical (unpaired) electrons. The van der Waals surface area contributed by atoms with Crippen molar-refractivity contribution in [2.45, 2.75) is 41.5 Å². The van der Waals surface area contributed by atoms with Crippen molar-refractivity contribution in [3.63, 3.8) is 0 Å². The SMILES string of the molecule is CCP(CC)C[Si](Cl)(CP(CC)CC)CP(CC)CC. The molecule has 0 unspecified atom stereocenters. The highest BCUT2D eigenvalue weighted by Gasteiger charge is 2.36. The smallest absolute Gasteiger partial charge is 0.166 e. The summed E-state index contributed by atoms with van der Waals surface area (Å²) in [7, 11) is -0.831. The maximum absolute atomic E-state index is 7.38. The zero-order chi connectivity index (χ0) is 15.6. The van der Waals surface area contributed by atoms with Gasteiger partial charge in [0.05, 0.1) is 0 Å². The molecule has 122 valence electrons. The van der Waals surface area contributed by atoms with Crippen LogP contribution in [0.1, 0.15) is 41.5 Å². The molecule has 0 aliphatic heterocycles. The van der Waals surface area contributed by atoms with E-state index in [4.69, 9.17) is 11.1 Å². The second-order valence-corrected chi connectivity index (χ2v) is 21.9. The zero-order valence-corrected chi connectivity index (χ0v) is 19.0. The molecule has 0 aromatic heterocycles. The average Bonchev–Trinajstić information content (AvgIpc) is 2.48. The molecule has 0 nitrogen and oxygen atoms in total. The van der Waals surface area contributed by atoms with Crippen molar-refractivity contribution in [2.24, 2.45) is 0 Å². The molecule has 0 saturated carbocycles. The Kier molecular flexibility index (Phi) is 13.3. The third kappa shape index (κ3) is 8.43. The highest BCUT2D eigenvalue weighted by molar-refractivity contribution is 7.71. The molecule has 0 rings (SSSR count). The van der Waals surface area contributed by atoms with Crippen LogP contribution in [0, 0.1) is 0 Å². The highest BCUT2D eigenvalue weighted by Crippen LogP contribution is 2.49. The van der Waals surface area contributed by atoms with Crippen molar-refractivity contribution < 1.29 is 0 Å². The van der Waals surface area contributed by atoms with E-state index in [1.807, 2.05) is 0 Å². The van der Waals surface area contributed by atoms with E-state index < -0.39 is 7.38 Å². The van der Waals surface area contributed by atoms with Gasteiger partial charge in [0.15, 0.2) is 7.38 Å². The van der Waals surface area contributed by atoms with Crippen molar-refractivity contribution >= 4 is 42.2 Å². The number of halogens is 1. The van der Waals surface area contributed by atoms with Crippen LogP contribution in [0.2, 0.25) is 0 Å². The molecule has 0 saturated heterocycles. The lowest BCUT2D eigenvalue weighted by Gasteiger charge is -2.34. The molecule has 0 aromatic carbocycles. The fourth-order valence-corrected chi connectivity index (χ4v) is 27.5. The van der Waals surface area contributed by atoms with E-state index in [-0.39, 0.29) is 23.8 Å². The fraction of sp³-hybridized carbons (Fsp3) is 1.00. The maximum atomic E-state index is 7.38. The van der Waals surface area contributed by atoms with Crippen LogP contribution in [0.3, 0.4) is 0 Å². The summed E-state index contributed by atoms with van der Waals surface area (Å²) in [6.07, 6.45) is 8.33. The normalized spacial score (nSPS) is 12.9. The van der Waals surface area contributed by atoms with Gasteiger partial charge in [-0.15, -0.1) is 23.8 Å². The van der Waals surface area contributed by atoms with Crippen LogP contribution in [0.4, 0.5) is 0 Å². The average molecular weight is 373 g/mol. The Hall–Kier alpha value is 1.80. The summed E-state index contributed by atoms with van der Waals surface area (Å²) in [4.78, 5) is 0. The van der Waals surface area contributed by atoms with E-state index in [9.17, 15) is 0 Å². The Balaban J connectivity index is 4.89. The minimum Gasteiger partial charge on any atom is -0.166 e. The Labute approximate surface area is 138 Å². The van der Waals surface area contributed by atoms with Crippen LogP contribution in [0.25, 0.3) is 0 Å². The van der Waals surface area contributed by atoms with Crippen LogP contribution < -0.4 is 0 Å². The maximum Gasteiger partial charge on any atom is 0.169 e. The molecule has 5 heteroatoms. The Morgan fingerprint density at radius 1 is 0.550 bits per heavy atom. The quantitative estimate of drug-likeness (QED) is 0.212. The van der Waals surface area contributed by atoms with Gasteiger partial charge in [0.2, 0.25) is 0 Å². The monoisotopic (exact) mass is 372 g/mol. The minimum atomic E-state index is -1.51. The predicted octanol–water partition coefficient (Wildman–Crippen LogP) is 6.35. The summed E-state index contributed by atoms with van der Waals surface area (Å²) in [6, 6.07) is 0. The van der Waals surface area contributed by atoms with Crippen molar-refractivity contribution in [1.82, 2.24) is 0 Å². The molecule has 0 aromatic rings. The molecular formula is C15H36ClP3Si. The van der Waals surface area contributed by atoms with Gasteiger partial charge in [-0.1, -0.05) is 41.5 Å². The van der Waals surface area contributed by atoms with E-state index in [1.165, 1.54) is 54.3 Å². The molecule has 0 atom stereocenters. The van der Waals surface area contributed by atoms with Crippen LogP contribution in [0.5, 0.6) is 0 Å². The number of hydrogen-bond acceptors (Lipinski definition) is 0. The Morgan fingerprint density at radius 3 is 0.900 bits per heavy atom. The first-order valence-corrected chi connectivity index (χ1v) is 17.7. The lowest BCUT2D eigenvalue weighted by molar-refractivity contribution is 1.37. The third-order valence-corrected chi connectivity index (χ3v) is 25.0. The lowest BCUT2D eigenvalue weighted by atomic mass is 11.0. The molecule has 0 spiro atoms. The molecule has 0 fully saturated rings. The van der Waals surface area contributed by atoms with Crippen molar-refractivity contribution in [3.05, 3.63) is 0 Å². The van der Waals surface area contributed by atoms with Gasteiger partial charge in [0, 0.05) is 0 Å². The van der Waals surface area contributed by atoms with Crippen LogP contribution in [0.15, 0.2) is 0 Å². The lowest BCUT2D eigenvalue weighted by Crippen LogP contribution is -2.41. The molecule has 20 heavy (non-hydrogen) atoms. The molecule has 0 N–H and O–H groups in total. The van der Waals surface area contributed by atoms with Gasteiger partial charge < -0.3 is 0 Å². The molecule has 0 aliphatic carbocycles. The Morgan fingerprint density at radius 2 is 0.750 bits per heavy atom. The Bertz CT molecular complexity index is 193. The van der Waals surface area contributed by atoms with E-state index >= 15 is 0 Å². The van der Waals surface area contributed by atoms with E-state index in [0.29, 0.717) is 0 Å². The summed E-state index contributed by atoms with van der Waals surface area (Å²) in [5, 5.41) is 0. The first kappa shape index (κ1) is 21.8. The van der Waals surface area contributed by atoms with E-state index in [0.717, 1.165) is 0 Å². The summed E-state index contributed by atoms with van der Waals surface area (Å²) in [5.41, 5.74) is 0. The van der Waals surface area contributed by atoms with Gasteiger partial charge in [-0.2, -0.15) is 11.1 Å². The third-order valence-electron chi connectivity index (χ3n) is 4.20. The predicted molar refractivity (Wildman–Crippen MR) is 110 cm³/mol. The summed E-state index contributed by atoms with van der Waals surface area (Å²) < 4.78 is 0. The summed E-state index contributed by atoms with van der Waals surface area (Å²) >= 11 is 7.38. The second-order valence-electron chi connectivity index (χ2n) is 5.54. The second kappa shape index (κ2) is 12.2. The van der Waals surface area contributed by atoms with Gasteiger partial charge in [0.25, 0.3) is 0 Å². The van der Waals surface area contributed by atoms with E-state index in [1.54, 1.807) is 0 Å². The standard InChI is InChI=1S/C15H36ClP3Si/c1-7-17(8-2)13-20(16,14-18(9-3)10-4)15-19(11-5)12-6/h7-15H2,1-6H3. The number of rotatable bonds is 12. The zero-order valence-electron chi connectivity index (χ0n) is 14.6. The summed E-state index contributed by atoms with van der Waals surface area (Å²) in [6.45, 7) is 14.3. The molecule has 0 aliphatic rings. The molecular weight excluding hydrogens is 337 g/mol. The topological polar surface area (TPSA) is 0 Å². The van der Waals surface area contributed by atoms with Gasteiger partial charge in [-0.3, -0.25) is 0 Å². The summed E-state index contributed by atoms with van der Waals surface area (Å²) in [5.74, 6) is 4.36. The van der Waals surface area contributed by atoms with Crippen molar-refractivity contribution in [1.29, 1.82) is 0 Å². The van der Waals surface area contributed by atoms with Gasteiger partial charge in [0.1, 0.15) is 0 Å².